The molecule has 0 radical (unpaired) electrons. The summed E-state index contributed by atoms with van der Waals surface area (Å²) in [7, 11) is 0. The maximum Gasteiger partial charge on any atom is 0.269 e. The van der Waals surface area contributed by atoms with E-state index in [1.807, 2.05) is 29.4 Å². The highest BCUT2D eigenvalue weighted by Gasteiger charge is 2.34. The minimum atomic E-state index is -0.658. The highest BCUT2D eigenvalue weighted by Crippen LogP contribution is 2.39. The predicted octanol–water partition coefficient (Wildman–Crippen LogP) is 6.33. The molecule has 6 nitrogen and oxygen atoms in total. The van der Waals surface area contributed by atoms with Gasteiger partial charge in [0.25, 0.3) is 5.69 Å². The van der Waals surface area contributed by atoms with Gasteiger partial charge in [-0.25, -0.2) is 0 Å². The number of ketones is 2. The maximum absolute atomic E-state index is 13.7. The number of rotatable bonds is 9. The number of nitrogens with zero attached hydrogens (tertiary/aromatic N) is 2. The van der Waals surface area contributed by atoms with Crippen LogP contribution in [0, 0.1) is 10.1 Å². The second-order valence-electron chi connectivity index (χ2n) is 8.43. The van der Waals surface area contributed by atoms with E-state index in [4.69, 9.17) is 0 Å². The van der Waals surface area contributed by atoms with Crippen molar-refractivity contribution in [3.63, 3.8) is 0 Å². The molecule has 1 aliphatic rings. The first-order chi connectivity index (χ1) is 17.0. The van der Waals surface area contributed by atoms with Gasteiger partial charge in [-0.05, 0) is 12.0 Å². The number of Topliss-reactive ketones (excluding diaryl/α,β-unsaturated/α-hetero) is 2. The molecule has 6 heteroatoms. The van der Waals surface area contributed by atoms with Gasteiger partial charge in [-0.3, -0.25) is 19.7 Å². The molecule has 0 amide bonds. The Balaban J connectivity index is 1.86. The quantitative estimate of drug-likeness (QED) is 0.209. The van der Waals surface area contributed by atoms with Crippen molar-refractivity contribution in [2.45, 2.75) is 25.7 Å². The van der Waals surface area contributed by atoms with Gasteiger partial charge >= 0.3 is 0 Å². The zero-order chi connectivity index (χ0) is 24.8. The summed E-state index contributed by atoms with van der Waals surface area (Å²) in [5.74, 6) is -1.02. The van der Waals surface area contributed by atoms with Crippen molar-refractivity contribution in [1.82, 2.24) is 4.90 Å². The molecule has 35 heavy (non-hydrogen) atoms. The third-order valence-corrected chi connectivity index (χ3v) is 6.04. The van der Waals surface area contributed by atoms with Gasteiger partial charge in [-0.2, -0.15) is 0 Å². The molecule has 176 valence electrons. The first-order valence-corrected chi connectivity index (χ1v) is 11.6. The molecule has 1 aliphatic heterocycles. The van der Waals surface area contributed by atoms with Crippen LogP contribution in [0.5, 0.6) is 0 Å². The fourth-order valence-electron chi connectivity index (χ4n) is 4.22. The van der Waals surface area contributed by atoms with E-state index >= 15 is 0 Å². The van der Waals surface area contributed by atoms with Gasteiger partial charge in [0, 0.05) is 59.3 Å². The van der Waals surface area contributed by atoms with Gasteiger partial charge in [0.1, 0.15) is 0 Å². The summed E-state index contributed by atoms with van der Waals surface area (Å²) in [6, 6.07) is 24.0. The van der Waals surface area contributed by atoms with E-state index in [0.717, 1.165) is 12.8 Å². The van der Waals surface area contributed by atoms with Gasteiger partial charge in [-0.1, -0.05) is 86.1 Å². The average molecular weight is 467 g/mol. The van der Waals surface area contributed by atoms with E-state index in [1.54, 1.807) is 60.7 Å². The van der Waals surface area contributed by atoms with Crippen LogP contribution in [-0.4, -0.2) is 27.9 Å². The van der Waals surface area contributed by atoms with Crippen LogP contribution < -0.4 is 0 Å². The normalized spacial score (nSPS) is 13.7. The molecule has 0 saturated heterocycles. The van der Waals surface area contributed by atoms with Crippen LogP contribution in [0.4, 0.5) is 5.69 Å². The largest absolute Gasteiger partial charge is 0.353 e. The Kier molecular flexibility index (Phi) is 7.31. The molecule has 3 aromatic carbocycles. The Labute approximate surface area is 204 Å². The molecule has 0 aliphatic carbocycles. The molecule has 0 N–H and O–H groups in total. The second kappa shape index (κ2) is 10.7. The molecule has 0 spiro atoms. The number of carbonyl (C=O) groups excluding carboxylic acids is 2. The number of hydrogen-bond donors (Lipinski definition) is 0. The third-order valence-electron chi connectivity index (χ3n) is 6.04. The van der Waals surface area contributed by atoms with Crippen LogP contribution in [0.1, 0.15) is 52.0 Å². The fourth-order valence-corrected chi connectivity index (χ4v) is 4.22. The van der Waals surface area contributed by atoms with Gasteiger partial charge in [0.2, 0.25) is 0 Å². The number of carbonyl (C=O) groups is 2. The first kappa shape index (κ1) is 23.8. The van der Waals surface area contributed by atoms with Crippen molar-refractivity contribution in [3.05, 3.63) is 135 Å². The number of benzene rings is 3. The molecule has 0 atom stereocenters. The van der Waals surface area contributed by atoms with Crippen LogP contribution in [0.3, 0.4) is 0 Å². The van der Waals surface area contributed by atoms with Crippen molar-refractivity contribution in [1.29, 1.82) is 0 Å². The van der Waals surface area contributed by atoms with Crippen molar-refractivity contribution < 1.29 is 14.5 Å². The summed E-state index contributed by atoms with van der Waals surface area (Å²) in [6.07, 6.45) is 5.50. The second-order valence-corrected chi connectivity index (χ2v) is 8.43. The van der Waals surface area contributed by atoms with E-state index in [2.05, 4.69) is 6.92 Å². The molecular formula is C29H26N2O4. The van der Waals surface area contributed by atoms with E-state index in [9.17, 15) is 19.7 Å². The van der Waals surface area contributed by atoms with Crippen LogP contribution in [0.15, 0.2) is 108 Å². The lowest BCUT2D eigenvalue weighted by atomic mass is 9.77. The highest BCUT2D eigenvalue weighted by molar-refractivity contribution is 6.15. The zero-order valence-electron chi connectivity index (χ0n) is 19.5. The SMILES string of the molecule is CCCCN1C=C(C(=O)c2ccccc2)C(c2ccc([N+](=O)[O-])cc2)C(C(=O)c2ccccc2)=C1. The standard InChI is InChI=1S/C29H26N2O4/c1-2-3-18-30-19-25(28(32)22-10-6-4-7-11-22)27(21-14-16-24(17-15-21)31(34)35)26(20-30)29(33)23-12-8-5-9-13-23/h4-17,19-20,27H,2-3,18H2,1H3. The predicted molar refractivity (Wildman–Crippen MR) is 135 cm³/mol. The summed E-state index contributed by atoms with van der Waals surface area (Å²) in [6.45, 7) is 2.75. The summed E-state index contributed by atoms with van der Waals surface area (Å²) in [5.41, 5.74) is 2.57. The fraction of sp³-hybridized carbons (Fsp3) is 0.172. The zero-order valence-corrected chi connectivity index (χ0v) is 19.5. The Bertz CT molecular complexity index is 1210. The van der Waals surface area contributed by atoms with Gasteiger partial charge in [0.15, 0.2) is 11.6 Å². The molecule has 1 heterocycles. The number of allylic oxidation sites excluding steroid dienone is 2. The van der Waals surface area contributed by atoms with Gasteiger partial charge in [-0.15, -0.1) is 0 Å². The summed E-state index contributed by atoms with van der Waals surface area (Å²) in [4.78, 5) is 40.1. The molecule has 0 saturated carbocycles. The third kappa shape index (κ3) is 5.27. The number of nitro groups is 1. The van der Waals surface area contributed by atoms with Crippen LogP contribution >= 0.6 is 0 Å². The lowest BCUT2D eigenvalue weighted by Gasteiger charge is -2.31. The molecule has 0 aromatic heterocycles. The number of non-ortho nitro benzene ring substituents is 1. The van der Waals surface area contributed by atoms with Crippen LogP contribution in [0.25, 0.3) is 0 Å². The highest BCUT2D eigenvalue weighted by atomic mass is 16.6. The topological polar surface area (TPSA) is 80.5 Å². The van der Waals surface area contributed by atoms with Crippen LogP contribution in [-0.2, 0) is 0 Å². The molecular weight excluding hydrogens is 440 g/mol. The number of unbranched alkanes of at least 4 members (excludes halogenated alkanes) is 1. The molecule has 0 fully saturated rings. The Morgan fingerprint density at radius 2 is 1.29 bits per heavy atom. The van der Waals surface area contributed by atoms with Crippen molar-refractivity contribution in [2.24, 2.45) is 0 Å². The van der Waals surface area contributed by atoms with E-state index in [-0.39, 0.29) is 17.3 Å². The minimum absolute atomic E-state index is 0.0473. The van der Waals surface area contributed by atoms with E-state index in [1.165, 1.54) is 12.1 Å². The maximum atomic E-state index is 13.7. The Hall–Kier alpha value is -4.32. The molecule has 3 aromatic rings. The number of hydrogen-bond acceptors (Lipinski definition) is 5. The average Bonchev–Trinajstić information content (AvgIpc) is 2.91. The van der Waals surface area contributed by atoms with Gasteiger partial charge < -0.3 is 4.90 Å². The molecule has 4 rings (SSSR count). The van der Waals surface area contributed by atoms with E-state index in [0.29, 0.717) is 34.4 Å². The summed E-state index contributed by atoms with van der Waals surface area (Å²) >= 11 is 0. The van der Waals surface area contributed by atoms with Crippen LogP contribution in [0.2, 0.25) is 0 Å². The first-order valence-electron chi connectivity index (χ1n) is 11.6. The Morgan fingerprint density at radius 3 is 1.71 bits per heavy atom. The minimum Gasteiger partial charge on any atom is -0.353 e. The lowest BCUT2D eigenvalue weighted by Crippen LogP contribution is -2.28. The van der Waals surface area contributed by atoms with Crippen molar-refractivity contribution >= 4 is 17.3 Å². The summed E-state index contributed by atoms with van der Waals surface area (Å²) < 4.78 is 0. The van der Waals surface area contributed by atoms with Gasteiger partial charge in [0.05, 0.1) is 4.92 Å². The Morgan fingerprint density at radius 1 is 0.800 bits per heavy atom. The summed E-state index contributed by atoms with van der Waals surface area (Å²) in [5, 5.41) is 11.2. The smallest absolute Gasteiger partial charge is 0.269 e. The van der Waals surface area contributed by atoms with Crippen molar-refractivity contribution in [2.75, 3.05) is 6.54 Å². The van der Waals surface area contributed by atoms with Crippen molar-refractivity contribution in [3.8, 4) is 0 Å². The van der Waals surface area contributed by atoms with E-state index < -0.39 is 10.8 Å². The number of nitro benzene ring substituents is 1. The molecule has 0 bridgehead atoms. The molecule has 0 unspecified atom stereocenters. The monoisotopic (exact) mass is 466 g/mol. The lowest BCUT2D eigenvalue weighted by molar-refractivity contribution is -0.384.